The summed E-state index contributed by atoms with van der Waals surface area (Å²) in [5.41, 5.74) is 0.477. The number of carbonyl (C=O) groups excluding carboxylic acids is 4. The van der Waals surface area contributed by atoms with Gasteiger partial charge >= 0.3 is 5.97 Å². The van der Waals surface area contributed by atoms with E-state index in [1.54, 1.807) is 12.1 Å². The molecule has 0 aromatic heterocycles. The summed E-state index contributed by atoms with van der Waals surface area (Å²) in [6.45, 7) is 1.21. The number of rotatable bonds is 6. The van der Waals surface area contributed by atoms with Gasteiger partial charge in [0.1, 0.15) is 11.5 Å². The third kappa shape index (κ3) is 3.92. The van der Waals surface area contributed by atoms with Gasteiger partial charge in [0.2, 0.25) is 5.78 Å². The molecule has 0 amide bonds. The third-order valence-corrected chi connectivity index (χ3v) is 3.16. The number of hydrogen-bond acceptors (Lipinski definition) is 6. The highest BCUT2D eigenvalue weighted by atomic mass is 16.5. The van der Waals surface area contributed by atoms with Crippen LogP contribution in [0.3, 0.4) is 0 Å². The molecule has 122 valence electrons. The van der Waals surface area contributed by atoms with Gasteiger partial charge in [0.15, 0.2) is 5.78 Å². The molecule has 0 aliphatic rings. The maximum absolute atomic E-state index is 11.6. The lowest BCUT2D eigenvalue weighted by Gasteiger charge is -2.07. The van der Waals surface area contributed by atoms with Crippen LogP contribution >= 0.6 is 0 Å². The molecule has 0 aliphatic heterocycles. The maximum atomic E-state index is 11.6. The van der Waals surface area contributed by atoms with Crippen molar-refractivity contribution in [2.45, 2.75) is 6.92 Å². The second kappa shape index (κ2) is 7.32. The van der Waals surface area contributed by atoms with Crippen LogP contribution in [0.5, 0.6) is 11.5 Å². The maximum Gasteiger partial charge on any atom is 0.379 e. The zero-order valence-corrected chi connectivity index (χ0v) is 13.1. The van der Waals surface area contributed by atoms with Crippen molar-refractivity contribution in [3.63, 3.8) is 0 Å². The van der Waals surface area contributed by atoms with E-state index in [9.17, 15) is 19.2 Å². The number of ether oxygens (including phenoxy) is 2. The van der Waals surface area contributed by atoms with E-state index in [-0.39, 0.29) is 11.1 Å². The predicted molar refractivity (Wildman–Crippen MR) is 84.3 cm³/mol. The molecule has 0 fully saturated rings. The fourth-order valence-electron chi connectivity index (χ4n) is 1.90. The fraction of sp³-hybridized carbons (Fsp3) is 0.111. The summed E-state index contributed by atoms with van der Waals surface area (Å²) < 4.78 is 9.94. The van der Waals surface area contributed by atoms with Crippen molar-refractivity contribution >= 4 is 23.3 Å². The molecule has 0 atom stereocenters. The first kappa shape index (κ1) is 17.1. The highest BCUT2D eigenvalue weighted by Gasteiger charge is 2.16. The minimum atomic E-state index is -0.936. The monoisotopic (exact) mass is 326 g/mol. The molecule has 0 saturated carbocycles. The number of carbonyl (C=O) groups is 4. The van der Waals surface area contributed by atoms with Crippen LogP contribution < -0.4 is 4.74 Å². The van der Waals surface area contributed by atoms with Gasteiger partial charge in [-0.05, 0) is 48.5 Å². The van der Waals surface area contributed by atoms with Gasteiger partial charge in [-0.15, -0.1) is 0 Å². The molecule has 0 heterocycles. The van der Waals surface area contributed by atoms with Crippen LogP contribution in [0.4, 0.5) is 0 Å². The van der Waals surface area contributed by atoms with Crippen molar-refractivity contribution in [3.8, 4) is 11.5 Å². The Morgan fingerprint density at radius 2 is 1.12 bits per heavy atom. The SMILES string of the molecule is COC(=O)C(=O)c1ccc(Oc2ccc(C(=O)C(C)=O)cc2)cc1. The lowest BCUT2D eigenvalue weighted by molar-refractivity contribution is -0.135. The summed E-state index contributed by atoms with van der Waals surface area (Å²) in [6, 6.07) is 12.1. The second-order valence-corrected chi connectivity index (χ2v) is 4.86. The van der Waals surface area contributed by atoms with Crippen LogP contribution in [-0.2, 0) is 14.3 Å². The average Bonchev–Trinajstić information content (AvgIpc) is 2.61. The molecule has 2 rings (SSSR count). The smallest absolute Gasteiger partial charge is 0.379 e. The Morgan fingerprint density at radius 1 is 0.708 bits per heavy atom. The Labute approximate surface area is 138 Å². The lowest BCUT2D eigenvalue weighted by Crippen LogP contribution is -2.15. The van der Waals surface area contributed by atoms with Crippen LogP contribution in [0.1, 0.15) is 27.6 Å². The highest BCUT2D eigenvalue weighted by Crippen LogP contribution is 2.22. The first-order chi connectivity index (χ1) is 11.4. The Bertz CT molecular complexity index is 787. The largest absolute Gasteiger partial charge is 0.463 e. The van der Waals surface area contributed by atoms with Gasteiger partial charge in [-0.3, -0.25) is 14.4 Å². The number of methoxy groups -OCH3 is 1. The minimum Gasteiger partial charge on any atom is -0.463 e. The molecule has 0 saturated heterocycles. The summed E-state index contributed by atoms with van der Waals surface area (Å²) in [6.07, 6.45) is 0. The van der Waals surface area contributed by atoms with E-state index in [2.05, 4.69) is 4.74 Å². The second-order valence-electron chi connectivity index (χ2n) is 4.86. The Morgan fingerprint density at radius 3 is 1.50 bits per heavy atom. The molecule has 2 aromatic carbocycles. The van der Waals surface area contributed by atoms with Gasteiger partial charge in [-0.1, -0.05) is 0 Å². The predicted octanol–water partition coefficient (Wildman–Crippen LogP) is 2.61. The van der Waals surface area contributed by atoms with Crippen LogP contribution in [0.25, 0.3) is 0 Å². The summed E-state index contributed by atoms with van der Waals surface area (Å²) in [5.74, 6) is -1.86. The molecule has 6 nitrogen and oxygen atoms in total. The summed E-state index contributed by atoms with van der Waals surface area (Å²) in [4.78, 5) is 45.4. The van der Waals surface area contributed by atoms with E-state index in [1.165, 1.54) is 43.3 Å². The zero-order chi connectivity index (χ0) is 17.7. The number of benzene rings is 2. The average molecular weight is 326 g/mol. The zero-order valence-electron chi connectivity index (χ0n) is 13.1. The first-order valence-electron chi connectivity index (χ1n) is 6.98. The van der Waals surface area contributed by atoms with Crippen molar-refractivity contribution in [1.82, 2.24) is 0 Å². The van der Waals surface area contributed by atoms with Gasteiger partial charge in [-0.2, -0.15) is 0 Å². The molecule has 6 heteroatoms. The van der Waals surface area contributed by atoms with Crippen LogP contribution in [-0.4, -0.2) is 30.4 Å². The Balaban J connectivity index is 2.09. The third-order valence-electron chi connectivity index (χ3n) is 3.16. The number of Topliss-reactive ketones (excluding diaryl/α,β-unsaturated/α-hetero) is 3. The first-order valence-corrected chi connectivity index (χ1v) is 6.98. The summed E-state index contributed by atoms with van der Waals surface area (Å²) in [5, 5.41) is 0. The van der Waals surface area contributed by atoms with Crippen LogP contribution in [0, 0.1) is 0 Å². The Hall–Kier alpha value is -3.28. The van der Waals surface area contributed by atoms with E-state index in [4.69, 9.17) is 4.74 Å². The fourth-order valence-corrected chi connectivity index (χ4v) is 1.90. The standard InChI is InChI=1S/C18H14O6/c1-11(19)16(20)12-3-7-14(8-4-12)24-15-9-5-13(6-10-15)17(21)18(22)23-2/h3-10H,1-2H3. The molecule has 2 aromatic rings. The van der Waals surface area contributed by atoms with E-state index >= 15 is 0 Å². The van der Waals surface area contributed by atoms with Gasteiger partial charge in [0.25, 0.3) is 5.78 Å². The van der Waals surface area contributed by atoms with Gasteiger partial charge in [0.05, 0.1) is 7.11 Å². The lowest BCUT2D eigenvalue weighted by atomic mass is 10.1. The summed E-state index contributed by atoms with van der Waals surface area (Å²) in [7, 11) is 1.14. The topological polar surface area (TPSA) is 86.7 Å². The van der Waals surface area contributed by atoms with Crippen LogP contribution in [0.15, 0.2) is 48.5 Å². The van der Waals surface area contributed by atoms with Crippen molar-refractivity contribution in [2.24, 2.45) is 0 Å². The molecular weight excluding hydrogens is 312 g/mol. The molecule has 0 aliphatic carbocycles. The Kier molecular flexibility index (Phi) is 5.21. The molecule has 0 unspecified atom stereocenters. The molecule has 0 radical (unpaired) electrons. The summed E-state index contributed by atoms with van der Waals surface area (Å²) >= 11 is 0. The van der Waals surface area contributed by atoms with E-state index < -0.39 is 23.3 Å². The van der Waals surface area contributed by atoms with Gasteiger partial charge < -0.3 is 9.47 Å². The van der Waals surface area contributed by atoms with Crippen molar-refractivity contribution < 1.29 is 28.7 Å². The molecule has 24 heavy (non-hydrogen) atoms. The molecule has 0 spiro atoms. The van der Waals surface area contributed by atoms with Crippen molar-refractivity contribution in [1.29, 1.82) is 0 Å². The van der Waals surface area contributed by atoms with E-state index in [0.29, 0.717) is 11.5 Å². The highest BCUT2D eigenvalue weighted by molar-refractivity contribution is 6.42. The van der Waals surface area contributed by atoms with Crippen molar-refractivity contribution in [2.75, 3.05) is 7.11 Å². The number of esters is 1. The van der Waals surface area contributed by atoms with E-state index in [0.717, 1.165) is 7.11 Å². The number of hydrogen-bond donors (Lipinski definition) is 0. The van der Waals surface area contributed by atoms with E-state index in [1.807, 2.05) is 0 Å². The van der Waals surface area contributed by atoms with Gasteiger partial charge in [0, 0.05) is 18.1 Å². The quantitative estimate of drug-likeness (QED) is 0.461. The molecular formula is C18H14O6. The van der Waals surface area contributed by atoms with Gasteiger partial charge in [-0.25, -0.2) is 4.79 Å². The number of ketones is 3. The minimum absolute atomic E-state index is 0.191. The molecule has 0 N–H and O–H groups in total. The van der Waals surface area contributed by atoms with Crippen LogP contribution in [0.2, 0.25) is 0 Å². The van der Waals surface area contributed by atoms with Crippen molar-refractivity contribution in [3.05, 3.63) is 59.7 Å². The normalized spacial score (nSPS) is 9.92. The molecule has 0 bridgehead atoms.